The molecule has 27 heavy (non-hydrogen) atoms. The molecule has 0 amide bonds. The van der Waals surface area contributed by atoms with Crippen LogP contribution in [0.1, 0.15) is 62.9 Å². The average molecular weight is 367 g/mol. The summed E-state index contributed by atoms with van der Waals surface area (Å²) in [6, 6.07) is 5.94. The lowest BCUT2D eigenvalue weighted by molar-refractivity contribution is 0.302. The molecular weight excluding hydrogens is 342 g/mol. The molecule has 0 radical (unpaired) electrons. The van der Waals surface area contributed by atoms with E-state index in [0.29, 0.717) is 17.7 Å². The maximum absolute atomic E-state index is 12.1. The molecule has 142 valence electrons. The molecule has 1 fully saturated rings. The van der Waals surface area contributed by atoms with E-state index < -0.39 is 0 Å². The molecule has 8 heteroatoms. The van der Waals surface area contributed by atoms with Crippen LogP contribution in [0.3, 0.4) is 0 Å². The van der Waals surface area contributed by atoms with Crippen molar-refractivity contribution in [2.45, 2.75) is 64.5 Å². The summed E-state index contributed by atoms with van der Waals surface area (Å²) in [4.78, 5) is 20.9. The number of aryl methyl sites for hydroxylation is 1. The molecule has 0 saturated heterocycles. The highest BCUT2D eigenvalue weighted by molar-refractivity contribution is 5.46. The lowest BCUT2D eigenvalue weighted by atomic mass is 9.91. The Kier molecular flexibility index (Phi) is 4.63. The number of rotatable bonds is 4. The molecule has 0 aromatic carbocycles. The van der Waals surface area contributed by atoms with Crippen molar-refractivity contribution in [1.29, 1.82) is 0 Å². The minimum atomic E-state index is -0.0166. The van der Waals surface area contributed by atoms with Crippen molar-refractivity contribution in [3.8, 4) is 0 Å². The quantitative estimate of drug-likeness (QED) is 0.762. The van der Waals surface area contributed by atoms with Gasteiger partial charge in [0.15, 0.2) is 0 Å². The van der Waals surface area contributed by atoms with Crippen LogP contribution in [0.15, 0.2) is 29.3 Å². The molecule has 0 bridgehead atoms. The molecule has 3 aromatic rings. The van der Waals surface area contributed by atoms with E-state index in [1.54, 1.807) is 21.3 Å². The van der Waals surface area contributed by atoms with Gasteiger partial charge in [0.2, 0.25) is 0 Å². The summed E-state index contributed by atoms with van der Waals surface area (Å²) in [5.74, 6) is 1.87. The van der Waals surface area contributed by atoms with Gasteiger partial charge in [0, 0.05) is 18.2 Å². The second kappa shape index (κ2) is 7.09. The predicted molar refractivity (Wildman–Crippen MR) is 103 cm³/mol. The Morgan fingerprint density at radius 3 is 2.70 bits per heavy atom. The average Bonchev–Trinajstić information content (AvgIpc) is 3.13. The third-order valence-electron chi connectivity index (χ3n) is 5.22. The minimum Gasteiger partial charge on any atom is -0.367 e. The number of hydrogen-bond donors (Lipinski definition) is 1. The molecule has 4 rings (SSSR count). The first kappa shape index (κ1) is 17.6. The van der Waals surface area contributed by atoms with Gasteiger partial charge < -0.3 is 5.32 Å². The normalized spacial score (nSPS) is 20.3. The summed E-state index contributed by atoms with van der Waals surface area (Å²) < 4.78 is 3.41. The fourth-order valence-electron chi connectivity index (χ4n) is 3.69. The van der Waals surface area contributed by atoms with E-state index in [0.717, 1.165) is 42.9 Å². The van der Waals surface area contributed by atoms with E-state index in [-0.39, 0.29) is 11.6 Å². The molecular formula is C19H25N7O. The highest BCUT2D eigenvalue weighted by Crippen LogP contribution is 2.29. The van der Waals surface area contributed by atoms with Crippen LogP contribution < -0.4 is 10.9 Å². The van der Waals surface area contributed by atoms with Crippen LogP contribution in [0, 0.1) is 6.92 Å². The summed E-state index contributed by atoms with van der Waals surface area (Å²) in [5.41, 5.74) is 1.86. The van der Waals surface area contributed by atoms with Gasteiger partial charge in [0.25, 0.3) is 11.3 Å². The number of fused-ring (bicyclic) bond motifs is 1. The maximum Gasteiger partial charge on any atom is 0.267 e. The number of nitrogens with zero attached hydrogens (tertiary/aromatic N) is 6. The smallest absolute Gasteiger partial charge is 0.267 e. The summed E-state index contributed by atoms with van der Waals surface area (Å²) >= 11 is 0. The van der Waals surface area contributed by atoms with Crippen LogP contribution in [0.5, 0.6) is 0 Å². The van der Waals surface area contributed by atoms with E-state index in [1.807, 2.05) is 6.92 Å². The monoisotopic (exact) mass is 367 g/mol. The van der Waals surface area contributed by atoms with Gasteiger partial charge in [-0.15, -0.1) is 0 Å². The Balaban J connectivity index is 1.50. The third kappa shape index (κ3) is 3.56. The number of aromatic nitrogens is 6. The summed E-state index contributed by atoms with van der Waals surface area (Å²) in [6.45, 7) is 6.16. The van der Waals surface area contributed by atoms with Gasteiger partial charge in [-0.1, -0.05) is 13.8 Å². The lowest BCUT2D eigenvalue weighted by Crippen LogP contribution is -2.33. The predicted octanol–water partition coefficient (Wildman–Crippen LogP) is 2.71. The largest absolute Gasteiger partial charge is 0.367 e. The molecule has 8 nitrogen and oxygen atoms in total. The van der Waals surface area contributed by atoms with Crippen LogP contribution in [0.2, 0.25) is 0 Å². The van der Waals surface area contributed by atoms with Crippen LogP contribution >= 0.6 is 0 Å². The highest BCUT2D eigenvalue weighted by Gasteiger charge is 2.24. The van der Waals surface area contributed by atoms with Crippen molar-refractivity contribution in [1.82, 2.24) is 29.4 Å². The highest BCUT2D eigenvalue weighted by atomic mass is 16.1. The van der Waals surface area contributed by atoms with Crippen LogP contribution in [-0.4, -0.2) is 35.4 Å². The number of hydrogen-bond acceptors (Lipinski definition) is 6. The fourth-order valence-corrected chi connectivity index (χ4v) is 3.69. The van der Waals surface area contributed by atoms with E-state index in [2.05, 4.69) is 45.4 Å². The zero-order chi connectivity index (χ0) is 19.0. The summed E-state index contributed by atoms with van der Waals surface area (Å²) in [5, 5.41) is 12.3. The molecule has 1 saturated carbocycles. The van der Waals surface area contributed by atoms with Crippen LogP contribution in [-0.2, 0) is 0 Å². The van der Waals surface area contributed by atoms with Crippen LogP contribution in [0.4, 0.5) is 5.82 Å². The molecule has 1 aliphatic rings. The first-order valence-electron chi connectivity index (χ1n) is 9.55. The van der Waals surface area contributed by atoms with Gasteiger partial charge in [-0.05, 0) is 44.6 Å². The Labute approximate surface area is 157 Å². The van der Waals surface area contributed by atoms with Gasteiger partial charge in [-0.2, -0.15) is 19.7 Å². The number of anilines is 1. The second-order valence-corrected chi connectivity index (χ2v) is 7.60. The molecule has 0 aliphatic heterocycles. The summed E-state index contributed by atoms with van der Waals surface area (Å²) in [6.07, 6.45) is 5.34. The molecule has 3 aromatic heterocycles. The minimum absolute atomic E-state index is 0.0166. The van der Waals surface area contributed by atoms with Crippen molar-refractivity contribution in [3.05, 3.63) is 46.3 Å². The standard InChI is InChI=1S/C19H25N7O/c1-12(2)16-10-17(26-19(23-16)20-11-21-26)22-14-5-7-15(8-6-14)25-18(27)9-4-13(3)24-25/h4,9-12,14-15,22H,5-8H2,1-3H3. The van der Waals surface area contributed by atoms with Crippen molar-refractivity contribution in [2.75, 3.05) is 5.32 Å². The zero-order valence-corrected chi connectivity index (χ0v) is 16.0. The Bertz CT molecular complexity index is 999. The van der Waals surface area contributed by atoms with Gasteiger partial charge in [-0.3, -0.25) is 4.79 Å². The van der Waals surface area contributed by atoms with Gasteiger partial charge in [0.05, 0.1) is 17.4 Å². The Morgan fingerprint density at radius 2 is 1.96 bits per heavy atom. The maximum atomic E-state index is 12.1. The number of nitrogens with one attached hydrogen (secondary N) is 1. The molecule has 0 spiro atoms. The van der Waals surface area contributed by atoms with Crippen molar-refractivity contribution in [3.63, 3.8) is 0 Å². The van der Waals surface area contributed by atoms with Gasteiger partial charge >= 0.3 is 0 Å². The first-order chi connectivity index (χ1) is 13.0. The molecule has 0 atom stereocenters. The molecule has 3 heterocycles. The van der Waals surface area contributed by atoms with Crippen molar-refractivity contribution < 1.29 is 0 Å². The molecule has 0 unspecified atom stereocenters. The van der Waals surface area contributed by atoms with E-state index >= 15 is 0 Å². The molecule has 1 aliphatic carbocycles. The summed E-state index contributed by atoms with van der Waals surface area (Å²) in [7, 11) is 0. The van der Waals surface area contributed by atoms with Gasteiger partial charge in [0.1, 0.15) is 12.1 Å². The fraction of sp³-hybridized carbons (Fsp3) is 0.526. The lowest BCUT2D eigenvalue weighted by Gasteiger charge is -2.30. The Morgan fingerprint density at radius 1 is 1.19 bits per heavy atom. The van der Waals surface area contributed by atoms with Gasteiger partial charge in [-0.25, -0.2) is 9.67 Å². The molecule has 1 N–H and O–H groups in total. The van der Waals surface area contributed by atoms with E-state index in [9.17, 15) is 4.79 Å². The Hall–Kier alpha value is -2.77. The first-order valence-corrected chi connectivity index (χ1v) is 9.55. The third-order valence-corrected chi connectivity index (χ3v) is 5.22. The SMILES string of the molecule is Cc1ccc(=O)n(C2CCC(Nc3cc(C(C)C)nc4ncnn34)CC2)n1. The van der Waals surface area contributed by atoms with Crippen molar-refractivity contribution in [2.24, 2.45) is 0 Å². The van der Waals surface area contributed by atoms with Crippen molar-refractivity contribution >= 4 is 11.6 Å². The zero-order valence-electron chi connectivity index (χ0n) is 16.0. The van der Waals surface area contributed by atoms with E-state index in [1.165, 1.54) is 6.33 Å². The second-order valence-electron chi connectivity index (χ2n) is 7.60. The van der Waals surface area contributed by atoms with Crippen LogP contribution in [0.25, 0.3) is 5.78 Å². The topological polar surface area (TPSA) is 90.0 Å². The van der Waals surface area contributed by atoms with E-state index in [4.69, 9.17) is 0 Å².